The fourth-order valence-electron chi connectivity index (χ4n) is 2.68. The van der Waals surface area contributed by atoms with Gasteiger partial charge in [0.2, 0.25) is 0 Å². The van der Waals surface area contributed by atoms with Gasteiger partial charge in [-0.15, -0.1) is 0 Å². The Kier molecular flexibility index (Phi) is 7.39. The molecule has 3 nitrogen and oxygen atoms in total. The van der Waals surface area contributed by atoms with Gasteiger partial charge >= 0.3 is 0 Å². The van der Waals surface area contributed by atoms with Gasteiger partial charge in [0.05, 0.1) is 10.2 Å². The van der Waals surface area contributed by atoms with Crippen LogP contribution in [-0.2, 0) is 13.2 Å². The summed E-state index contributed by atoms with van der Waals surface area (Å²) in [5, 5.41) is 3.97. The van der Waals surface area contributed by atoms with Gasteiger partial charge in [0.25, 0.3) is 0 Å². The summed E-state index contributed by atoms with van der Waals surface area (Å²) in [4.78, 5) is 0. The van der Waals surface area contributed by atoms with E-state index in [-0.39, 0.29) is 5.82 Å². The third-order valence-electron chi connectivity index (χ3n) is 3.98. The van der Waals surface area contributed by atoms with Crippen molar-refractivity contribution in [3.8, 4) is 11.5 Å². The highest BCUT2D eigenvalue weighted by Crippen LogP contribution is 2.35. The lowest BCUT2D eigenvalue weighted by atomic mass is 10.2. The maximum absolute atomic E-state index is 13.0. The average molecular weight is 512 g/mol. The number of halogens is 3. The highest BCUT2D eigenvalue weighted by atomic mass is 127. The van der Waals surface area contributed by atoms with Gasteiger partial charge in [0.15, 0.2) is 11.5 Å². The van der Waals surface area contributed by atoms with Crippen LogP contribution in [0.5, 0.6) is 11.5 Å². The van der Waals surface area contributed by atoms with E-state index in [4.69, 9.17) is 21.1 Å². The third kappa shape index (κ3) is 5.75. The van der Waals surface area contributed by atoms with Crippen LogP contribution in [0.4, 0.5) is 10.1 Å². The predicted molar refractivity (Wildman–Crippen MR) is 120 cm³/mol. The normalized spacial score (nSPS) is 10.6. The summed E-state index contributed by atoms with van der Waals surface area (Å²) in [5.74, 6) is 1.17. The van der Waals surface area contributed by atoms with E-state index in [0.29, 0.717) is 36.3 Å². The molecule has 0 bridgehead atoms. The summed E-state index contributed by atoms with van der Waals surface area (Å²) in [6.07, 6.45) is 0. The van der Waals surface area contributed by atoms with Crippen molar-refractivity contribution in [1.29, 1.82) is 0 Å². The van der Waals surface area contributed by atoms with Crippen molar-refractivity contribution >= 4 is 39.9 Å². The van der Waals surface area contributed by atoms with Gasteiger partial charge in [0, 0.05) is 17.3 Å². The van der Waals surface area contributed by atoms with Crippen LogP contribution >= 0.6 is 34.2 Å². The Morgan fingerprint density at radius 1 is 1.00 bits per heavy atom. The lowest BCUT2D eigenvalue weighted by molar-refractivity contribution is 0.267. The van der Waals surface area contributed by atoms with Gasteiger partial charge < -0.3 is 14.8 Å². The van der Waals surface area contributed by atoms with E-state index in [1.165, 1.54) is 12.1 Å². The quantitative estimate of drug-likeness (QED) is 0.343. The number of anilines is 1. The average Bonchev–Trinajstić information content (AvgIpc) is 2.67. The van der Waals surface area contributed by atoms with Gasteiger partial charge in [-0.05, 0) is 89.2 Å². The summed E-state index contributed by atoms with van der Waals surface area (Å²) in [6, 6.07) is 17.9. The molecule has 6 heteroatoms. The Labute approximate surface area is 183 Å². The summed E-state index contributed by atoms with van der Waals surface area (Å²) in [7, 11) is 0. The third-order valence-corrected chi connectivity index (χ3v) is 5.02. The molecule has 3 rings (SSSR count). The molecule has 28 heavy (non-hydrogen) atoms. The monoisotopic (exact) mass is 511 g/mol. The fourth-order valence-corrected chi connectivity index (χ4v) is 3.71. The van der Waals surface area contributed by atoms with Crippen LogP contribution in [0.15, 0.2) is 60.7 Å². The van der Waals surface area contributed by atoms with Gasteiger partial charge in [-0.1, -0.05) is 23.7 Å². The molecule has 0 aliphatic heterocycles. The first-order valence-electron chi connectivity index (χ1n) is 8.87. The Morgan fingerprint density at radius 3 is 2.50 bits per heavy atom. The Morgan fingerprint density at radius 2 is 1.79 bits per heavy atom. The minimum absolute atomic E-state index is 0.250. The van der Waals surface area contributed by atoms with Crippen LogP contribution in [0.1, 0.15) is 18.1 Å². The highest BCUT2D eigenvalue weighted by molar-refractivity contribution is 14.1. The summed E-state index contributed by atoms with van der Waals surface area (Å²) < 4.78 is 25.8. The topological polar surface area (TPSA) is 30.5 Å². The second kappa shape index (κ2) is 9.98. The molecule has 0 atom stereocenters. The number of benzene rings is 3. The first-order chi connectivity index (χ1) is 13.5. The zero-order valence-electron chi connectivity index (χ0n) is 15.3. The lowest BCUT2D eigenvalue weighted by Gasteiger charge is -2.16. The van der Waals surface area contributed by atoms with Crippen LogP contribution in [0.3, 0.4) is 0 Å². The number of hydrogen-bond donors (Lipinski definition) is 1. The molecule has 3 aromatic carbocycles. The molecule has 0 amide bonds. The molecular formula is C22H20ClFINO2. The summed E-state index contributed by atoms with van der Waals surface area (Å²) >= 11 is 8.30. The molecule has 0 saturated heterocycles. The van der Waals surface area contributed by atoms with E-state index in [1.807, 2.05) is 43.3 Å². The van der Waals surface area contributed by atoms with Gasteiger partial charge in [-0.25, -0.2) is 4.39 Å². The molecular weight excluding hydrogens is 492 g/mol. The van der Waals surface area contributed by atoms with E-state index in [2.05, 4.69) is 27.9 Å². The Balaban J connectivity index is 1.74. The molecule has 146 valence electrons. The molecule has 0 aliphatic rings. The number of ether oxygens (including phenoxy) is 2. The lowest BCUT2D eigenvalue weighted by Crippen LogP contribution is -2.05. The van der Waals surface area contributed by atoms with E-state index >= 15 is 0 Å². The second-order valence-corrected chi connectivity index (χ2v) is 7.72. The molecule has 0 unspecified atom stereocenters. The Hall–Kier alpha value is -1.99. The smallest absolute Gasteiger partial charge is 0.174 e. The van der Waals surface area contributed by atoms with Crippen molar-refractivity contribution in [2.45, 2.75) is 20.1 Å². The van der Waals surface area contributed by atoms with Crippen molar-refractivity contribution in [2.75, 3.05) is 11.9 Å². The zero-order valence-corrected chi connectivity index (χ0v) is 18.3. The van der Waals surface area contributed by atoms with Crippen molar-refractivity contribution in [3.05, 3.63) is 86.2 Å². The highest BCUT2D eigenvalue weighted by Gasteiger charge is 2.13. The van der Waals surface area contributed by atoms with Crippen LogP contribution in [0.25, 0.3) is 0 Å². The summed E-state index contributed by atoms with van der Waals surface area (Å²) in [5.41, 5.74) is 2.90. The molecule has 3 aromatic rings. The SMILES string of the molecule is CCOc1cc(CNc2ccc(F)cc2)cc(I)c1OCc1cccc(Cl)c1. The van der Waals surface area contributed by atoms with Crippen LogP contribution in [-0.4, -0.2) is 6.61 Å². The van der Waals surface area contributed by atoms with Crippen molar-refractivity contribution in [3.63, 3.8) is 0 Å². The zero-order chi connectivity index (χ0) is 19.9. The summed E-state index contributed by atoms with van der Waals surface area (Å²) in [6.45, 7) is 3.48. The minimum Gasteiger partial charge on any atom is -0.490 e. The van der Waals surface area contributed by atoms with E-state index < -0.39 is 0 Å². The minimum atomic E-state index is -0.250. The standard InChI is InChI=1S/C22H20ClFINO2/c1-2-27-21-12-16(13-26-19-8-6-18(24)7-9-19)11-20(25)22(21)28-14-15-4-3-5-17(23)10-15/h3-12,26H,2,13-14H2,1H3. The molecule has 1 N–H and O–H groups in total. The van der Waals surface area contributed by atoms with E-state index in [0.717, 1.165) is 20.4 Å². The molecule has 0 saturated carbocycles. The van der Waals surface area contributed by atoms with Gasteiger partial charge in [-0.2, -0.15) is 0 Å². The van der Waals surface area contributed by atoms with Crippen molar-refractivity contribution < 1.29 is 13.9 Å². The molecule has 0 spiro atoms. The van der Waals surface area contributed by atoms with Gasteiger partial charge in [-0.3, -0.25) is 0 Å². The number of hydrogen-bond acceptors (Lipinski definition) is 3. The molecule has 0 heterocycles. The van der Waals surface area contributed by atoms with Crippen LogP contribution in [0, 0.1) is 9.39 Å². The van der Waals surface area contributed by atoms with Crippen LogP contribution in [0.2, 0.25) is 5.02 Å². The first-order valence-corrected chi connectivity index (χ1v) is 10.3. The van der Waals surface area contributed by atoms with Crippen molar-refractivity contribution in [2.24, 2.45) is 0 Å². The maximum Gasteiger partial charge on any atom is 0.174 e. The van der Waals surface area contributed by atoms with Crippen molar-refractivity contribution in [1.82, 2.24) is 0 Å². The molecule has 0 radical (unpaired) electrons. The maximum atomic E-state index is 13.0. The predicted octanol–water partition coefficient (Wildman–Crippen LogP) is 6.67. The second-order valence-electron chi connectivity index (χ2n) is 6.12. The largest absolute Gasteiger partial charge is 0.490 e. The van der Waals surface area contributed by atoms with Gasteiger partial charge in [0.1, 0.15) is 12.4 Å². The molecule has 0 aromatic heterocycles. The number of nitrogens with one attached hydrogen (secondary N) is 1. The van der Waals surface area contributed by atoms with Crippen LogP contribution < -0.4 is 14.8 Å². The Bertz CT molecular complexity index is 934. The fraction of sp³-hybridized carbons (Fsp3) is 0.182. The molecule has 0 aliphatic carbocycles. The molecule has 0 fully saturated rings. The number of rotatable bonds is 8. The van der Waals surface area contributed by atoms with E-state index in [9.17, 15) is 4.39 Å². The first kappa shape index (κ1) is 20.7. The van der Waals surface area contributed by atoms with E-state index in [1.54, 1.807) is 12.1 Å².